The number of furan rings is 1. The van der Waals surface area contributed by atoms with Crippen molar-refractivity contribution in [3.8, 4) is 11.4 Å². The van der Waals surface area contributed by atoms with Gasteiger partial charge in [0.15, 0.2) is 0 Å². The normalized spacial score (nSPS) is 10.8. The van der Waals surface area contributed by atoms with Crippen LogP contribution in [0.3, 0.4) is 0 Å². The topological polar surface area (TPSA) is 93.6 Å². The Labute approximate surface area is 99.6 Å². The van der Waals surface area contributed by atoms with Crippen LogP contribution in [0.25, 0.3) is 11.4 Å². The van der Waals surface area contributed by atoms with Crippen LogP contribution >= 0.6 is 11.8 Å². The van der Waals surface area contributed by atoms with Gasteiger partial charge in [0.05, 0.1) is 23.8 Å². The molecular weight excluding hydrogens is 242 g/mol. The fourth-order valence-corrected chi connectivity index (χ4v) is 1.84. The van der Waals surface area contributed by atoms with Gasteiger partial charge in [-0.3, -0.25) is 0 Å². The molecule has 0 aromatic carbocycles. The number of aromatic nitrogens is 5. The van der Waals surface area contributed by atoms with E-state index in [1.54, 1.807) is 24.8 Å². The molecule has 0 saturated carbocycles. The number of hydrogen-bond acceptors (Lipinski definition) is 7. The first-order valence-electron chi connectivity index (χ1n) is 4.75. The zero-order valence-corrected chi connectivity index (χ0v) is 9.35. The predicted octanol–water partition coefficient (Wildman–Crippen LogP) is 1.74. The fraction of sp³-hybridized carbons (Fsp3) is 0.111. The van der Waals surface area contributed by atoms with Crippen molar-refractivity contribution in [1.29, 1.82) is 0 Å². The number of aromatic amines is 1. The van der Waals surface area contributed by atoms with E-state index < -0.39 is 0 Å². The van der Waals surface area contributed by atoms with Gasteiger partial charge < -0.3 is 8.94 Å². The van der Waals surface area contributed by atoms with Crippen LogP contribution in [0.1, 0.15) is 5.89 Å². The maximum atomic E-state index is 5.10. The molecule has 0 aliphatic rings. The second-order valence-corrected chi connectivity index (χ2v) is 4.12. The molecule has 0 aliphatic heterocycles. The van der Waals surface area contributed by atoms with Gasteiger partial charge in [-0.25, -0.2) is 0 Å². The molecule has 0 saturated heterocycles. The van der Waals surface area contributed by atoms with E-state index in [0.717, 1.165) is 10.6 Å². The largest absolute Gasteiger partial charge is 0.472 e. The lowest BCUT2D eigenvalue weighted by Gasteiger charge is -1.88. The van der Waals surface area contributed by atoms with Gasteiger partial charge in [-0.15, -0.1) is 5.10 Å². The zero-order valence-electron chi connectivity index (χ0n) is 8.53. The molecule has 8 heteroatoms. The van der Waals surface area contributed by atoms with Gasteiger partial charge in [-0.2, -0.15) is 15.3 Å². The van der Waals surface area contributed by atoms with E-state index in [4.69, 9.17) is 8.94 Å². The highest BCUT2D eigenvalue weighted by atomic mass is 32.2. The van der Waals surface area contributed by atoms with Gasteiger partial charge in [0.25, 0.3) is 0 Å². The van der Waals surface area contributed by atoms with Crippen molar-refractivity contribution < 1.29 is 8.94 Å². The Kier molecular flexibility index (Phi) is 2.62. The number of thioether (sulfide) groups is 1. The highest BCUT2D eigenvalue weighted by Gasteiger charge is 2.10. The third-order valence-electron chi connectivity index (χ3n) is 1.98. The average molecular weight is 249 g/mol. The number of H-pyrrole nitrogens is 1. The minimum atomic E-state index is 0.523. The van der Waals surface area contributed by atoms with Crippen molar-refractivity contribution in [2.75, 3.05) is 0 Å². The minimum Gasteiger partial charge on any atom is -0.472 e. The summed E-state index contributed by atoms with van der Waals surface area (Å²) in [4.78, 5) is 4.24. The highest BCUT2D eigenvalue weighted by molar-refractivity contribution is 7.98. The SMILES string of the molecule is c1cc(-c2noc(CSc3cn[nH]n3)n2)co1. The smallest absolute Gasteiger partial charge is 0.237 e. The molecule has 0 radical (unpaired) electrons. The van der Waals surface area contributed by atoms with Crippen LogP contribution in [-0.2, 0) is 5.75 Å². The molecular formula is C9H7N5O2S. The molecule has 0 fully saturated rings. The summed E-state index contributed by atoms with van der Waals surface area (Å²) in [6.07, 6.45) is 4.77. The lowest BCUT2D eigenvalue weighted by Crippen LogP contribution is -1.81. The summed E-state index contributed by atoms with van der Waals surface area (Å²) < 4.78 is 10.1. The molecule has 0 bridgehead atoms. The first-order chi connectivity index (χ1) is 8.42. The van der Waals surface area contributed by atoms with Crippen molar-refractivity contribution in [3.63, 3.8) is 0 Å². The average Bonchev–Trinajstić information content (AvgIpc) is 3.09. The van der Waals surface area contributed by atoms with E-state index in [-0.39, 0.29) is 0 Å². The van der Waals surface area contributed by atoms with E-state index >= 15 is 0 Å². The van der Waals surface area contributed by atoms with Crippen molar-refractivity contribution in [2.24, 2.45) is 0 Å². The summed E-state index contributed by atoms with van der Waals surface area (Å²) in [5.41, 5.74) is 0.798. The van der Waals surface area contributed by atoms with Crippen LogP contribution in [0.4, 0.5) is 0 Å². The second-order valence-electron chi connectivity index (χ2n) is 3.12. The summed E-state index contributed by atoms with van der Waals surface area (Å²) in [6, 6.07) is 1.78. The van der Waals surface area contributed by atoms with Gasteiger partial charge in [0.2, 0.25) is 11.7 Å². The van der Waals surface area contributed by atoms with E-state index in [0.29, 0.717) is 17.5 Å². The van der Waals surface area contributed by atoms with Gasteiger partial charge in [0.1, 0.15) is 11.3 Å². The molecule has 0 aliphatic carbocycles. The molecule has 7 nitrogen and oxygen atoms in total. The van der Waals surface area contributed by atoms with Crippen LogP contribution in [0.2, 0.25) is 0 Å². The molecule has 3 rings (SSSR count). The first kappa shape index (κ1) is 10.1. The number of nitrogens with one attached hydrogen (secondary N) is 1. The van der Waals surface area contributed by atoms with Gasteiger partial charge in [0, 0.05) is 0 Å². The molecule has 0 spiro atoms. The Balaban J connectivity index is 1.69. The molecule has 3 aromatic rings. The Bertz CT molecular complexity index is 574. The quantitative estimate of drug-likeness (QED) is 0.704. The fourth-order valence-electron chi connectivity index (χ4n) is 1.22. The third kappa shape index (κ3) is 2.21. The van der Waals surface area contributed by atoms with Gasteiger partial charge >= 0.3 is 0 Å². The number of hydrogen-bond donors (Lipinski definition) is 1. The van der Waals surface area contributed by atoms with Crippen LogP contribution in [0.5, 0.6) is 0 Å². The standard InChI is InChI=1S/C9H7N5O2S/c1-2-15-4-6(1)9-11-7(16-13-9)5-17-8-3-10-14-12-8/h1-4H,5H2,(H,10,12,14). The van der Waals surface area contributed by atoms with Gasteiger partial charge in [-0.1, -0.05) is 16.9 Å². The summed E-state index contributed by atoms with van der Waals surface area (Å²) in [7, 11) is 0. The van der Waals surface area contributed by atoms with E-state index in [1.165, 1.54) is 11.8 Å². The highest BCUT2D eigenvalue weighted by Crippen LogP contribution is 2.21. The minimum absolute atomic E-state index is 0.523. The Morgan fingerprint density at radius 2 is 2.41 bits per heavy atom. The Morgan fingerprint density at radius 1 is 1.41 bits per heavy atom. The van der Waals surface area contributed by atoms with Crippen LogP contribution in [0.15, 0.2) is 38.8 Å². The maximum absolute atomic E-state index is 5.10. The maximum Gasteiger partial charge on any atom is 0.237 e. The summed E-state index contributed by atoms with van der Waals surface area (Å²) in [6.45, 7) is 0. The first-order valence-corrected chi connectivity index (χ1v) is 5.74. The molecule has 3 aromatic heterocycles. The second kappa shape index (κ2) is 4.42. The third-order valence-corrected chi connectivity index (χ3v) is 2.87. The molecule has 3 heterocycles. The molecule has 17 heavy (non-hydrogen) atoms. The van der Waals surface area contributed by atoms with Crippen molar-refractivity contribution in [2.45, 2.75) is 10.8 Å². The van der Waals surface area contributed by atoms with E-state index in [1.807, 2.05) is 0 Å². The zero-order chi connectivity index (χ0) is 11.5. The van der Waals surface area contributed by atoms with Crippen LogP contribution < -0.4 is 0 Å². The monoisotopic (exact) mass is 249 g/mol. The summed E-state index contributed by atoms with van der Waals surface area (Å²) in [5, 5.41) is 14.8. The summed E-state index contributed by atoms with van der Waals surface area (Å²) in [5.74, 6) is 1.61. The van der Waals surface area contributed by atoms with Crippen molar-refractivity contribution in [1.82, 2.24) is 25.6 Å². The Hall–Kier alpha value is -2.09. The van der Waals surface area contributed by atoms with E-state index in [9.17, 15) is 0 Å². The lowest BCUT2D eigenvalue weighted by molar-refractivity contribution is 0.391. The number of rotatable bonds is 4. The van der Waals surface area contributed by atoms with E-state index in [2.05, 4.69) is 25.6 Å². The van der Waals surface area contributed by atoms with Crippen LogP contribution in [-0.4, -0.2) is 25.6 Å². The molecule has 1 N–H and O–H groups in total. The predicted molar refractivity (Wildman–Crippen MR) is 57.9 cm³/mol. The number of nitrogens with zero attached hydrogens (tertiary/aromatic N) is 4. The Morgan fingerprint density at radius 3 is 3.18 bits per heavy atom. The lowest BCUT2D eigenvalue weighted by atomic mass is 10.3. The van der Waals surface area contributed by atoms with Crippen LogP contribution in [0, 0.1) is 0 Å². The van der Waals surface area contributed by atoms with Gasteiger partial charge in [-0.05, 0) is 6.07 Å². The molecule has 0 amide bonds. The summed E-state index contributed by atoms with van der Waals surface area (Å²) >= 11 is 1.47. The van der Waals surface area contributed by atoms with Crippen molar-refractivity contribution in [3.05, 3.63) is 30.7 Å². The molecule has 86 valence electrons. The van der Waals surface area contributed by atoms with Crippen molar-refractivity contribution >= 4 is 11.8 Å². The molecule has 0 atom stereocenters. The molecule has 0 unspecified atom stereocenters.